The van der Waals surface area contributed by atoms with Crippen molar-refractivity contribution in [3.63, 3.8) is 0 Å². The van der Waals surface area contributed by atoms with Gasteiger partial charge in [-0.05, 0) is 25.2 Å². The number of carbonyl (C=O) groups is 1. The number of aliphatic hydroxyl groups excluding tert-OH is 1. The SMILES string of the molecule is CCCCCCCC(=O)OCCC(C)CCO. The van der Waals surface area contributed by atoms with E-state index in [9.17, 15) is 4.79 Å². The Kier molecular flexibility index (Phi) is 11.5. The first-order valence-corrected chi connectivity index (χ1v) is 6.97. The number of carbonyl (C=O) groups excluding carboxylic acids is 1. The third-order valence-corrected chi connectivity index (χ3v) is 2.98. The van der Waals surface area contributed by atoms with E-state index in [0.717, 1.165) is 25.7 Å². The third-order valence-electron chi connectivity index (χ3n) is 2.98. The van der Waals surface area contributed by atoms with Gasteiger partial charge < -0.3 is 9.84 Å². The van der Waals surface area contributed by atoms with Crippen LogP contribution in [0, 0.1) is 5.92 Å². The molecule has 0 aliphatic rings. The van der Waals surface area contributed by atoms with Crippen LogP contribution in [0.25, 0.3) is 0 Å². The summed E-state index contributed by atoms with van der Waals surface area (Å²) in [7, 11) is 0. The lowest BCUT2D eigenvalue weighted by Gasteiger charge is -2.09. The highest BCUT2D eigenvalue weighted by Gasteiger charge is 2.05. The zero-order valence-corrected chi connectivity index (χ0v) is 11.4. The summed E-state index contributed by atoms with van der Waals surface area (Å²) in [5.74, 6) is 0.357. The maximum atomic E-state index is 11.3. The van der Waals surface area contributed by atoms with Gasteiger partial charge in [-0.15, -0.1) is 0 Å². The van der Waals surface area contributed by atoms with E-state index in [2.05, 4.69) is 13.8 Å². The molecule has 0 heterocycles. The molecule has 0 saturated carbocycles. The summed E-state index contributed by atoms with van der Waals surface area (Å²) in [5.41, 5.74) is 0. The van der Waals surface area contributed by atoms with Crippen LogP contribution < -0.4 is 0 Å². The van der Waals surface area contributed by atoms with Gasteiger partial charge in [-0.2, -0.15) is 0 Å². The summed E-state index contributed by atoms with van der Waals surface area (Å²) < 4.78 is 5.14. The van der Waals surface area contributed by atoms with Crippen LogP contribution in [-0.4, -0.2) is 24.3 Å². The standard InChI is InChI=1S/C14H28O3/c1-3-4-5-6-7-8-14(16)17-12-10-13(2)9-11-15/h13,15H,3-12H2,1-2H3. The van der Waals surface area contributed by atoms with Gasteiger partial charge in [0.1, 0.15) is 0 Å². The van der Waals surface area contributed by atoms with Crippen molar-refractivity contribution in [3.8, 4) is 0 Å². The molecule has 3 heteroatoms. The van der Waals surface area contributed by atoms with Crippen molar-refractivity contribution < 1.29 is 14.6 Å². The average Bonchev–Trinajstić information content (AvgIpc) is 2.29. The topological polar surface area (TPSA) is 46.5 Å². The minimum atomic E-state index is -0.0716. The zero-order valence-electron chi connectivity index (χ0n) is 11.4. The van der Waals surface area contributed by atoms with Crippen molar-refractivity contribution in [2.24, 2.45) is 5.92 Å². The fraction of sp³-hybridized carbons (Fsp3) is 0.929. The average molecular weight is 244 g/mol. The summed E-state index contributed by atoms with van der Waals surface area (Å²) in [6.07, 6.45) is 7.97. The Bertz CT molecular complexity index is 180. The Morgan fingerprint density at radius 1 is 1.18 bits per heavy atom. The van der Waals surface area contributed by atoms with E-state index in [1.165, 1.54) is 19.3 Å². The van der Waals surface area contributed by atoms with Crippen LogP contribution in [0.5, 0.6) is 0 Å². The minimum Gasteiger partial charge on any atom is -0.466 e. The fourth-order valence-corrected chi connectivity index (χ4v) is 1.68. The van der Waals surface area contributed by atoms with Gasteiger partial charge in [-0.1, -0.05) is 39.5 Å². The fourth-order valence-electron chi connectivity index (χ4n) is 1.68. The molecule has 102 valence electrons. The summed E-state index contributed by atoms with van der Waals surface area (Å²) in [5, 5.41) is 8.72. The Morgan fingerprint density at radius 2 is 1.88 bits per heavy atom. The van der Waals surface area contributed by atoms with Gasteiger partial charge in [0.05, 0.1) is 6.61 Å². The Balaban J connectivity index is 3.28. The number of esters is 1. The monoisotopic (exact) mass is 244 g/mol. The first-order valence-electron chi connectivity index (χ1n) is 6.97. The highest BCUT2D eigenvalue weighted by Crippen LogP contribution is 2.08. The van der Waals surface area contributed by atoms with Crippen LogP contribution in [-0.2, 0) is 9.53 Å². The van der Waals surface area contributed by atoms with E-state index in [0.29, 0.717) is 18.9 Å². The van der Waals surface area contributed by atoms with Gasteiger partial charge in [0, 0.05) is 13.0 Å². The first kappa shape index (κ1) is 16.4. The lowest BCUT2D eigenvalue weighted by Crippen LogP contribution is -2.09. The van der Waals surface area contributed by atoms with Gasteiger partial charge in [0.25, 0.3) is 0 Å². The Morgan fingerprint density at radius 3 is 2.53 bits per heavy atom. The largest absolute Gasteiger partial charge is 0.466 e. The lowest BCUT2D eigenvalue weighted by atomic mass is 10.1. The second-order valence-corrected chi connectivity index (χ2v) is 4.79. The zero-order chi connectivity index (χ0) is 12.9. The summed E-state index contributed by atoms with van der Waals surface area (Å²) in [6, 6.07) is 0. The smallest absolute Gasteiger partial charge is 0.305 e. The predicted octanol–water partition coefficient (Wildman–Crippen LogP) is 3.30. The molecule has 0 aromatic rings. The minimum absolute atomic E-state index is 0.0716. The van der Waals surface area contributed by atoms with Crippen molar-refractivity contribution >= 4 is 5.97 Å². The molecule has 0 aromatic carbocycles. The molecule has 0 aliphatic heterocycles. The number of rotatable bonds is 11. The lowest BCUT2D eigenvalue weighted by molar-refractivity contribution is -0.144. The molecule has 1 atom stereocenters. The molecule has 3 nitrogen and oxygen atoms in total. The molecule has 0 saturated heterocycles. The number of hydrogen-bond donors (Lipinski definition) is 1. The molecule has 17 heavy (non-hydrogen) atoms. The number of unbranched alkanes of at least 4 members (excludes halogenated alkanes) is 4. The van der Waals surface area contributed by atoms with Crippen molar-refractivity contribution in [1.29, 1.82) is 0 Å². The van der Waals surface area contributed by atoms with Crippen molar-refractivity contribution in [2.75, 3.05) is 13.2 Å². The second kappa shape index (κ2) is 11.9. The molecule has 0 spiro atoms. The van der Waals surface area contributed by atoms with Crippen LogP contribution >= 0.6 is 0 Å². The quantitative estimate of drug-likeness (QED) is 0.448. The van der Waals surface area contributed by atoms with Gasteiger partial charge in [0.2, 0.25) is 0 Å². The molecule has 1 unspecified atom stereocenters. The Labute approximate surface area is 106 Å². The molecule has 1 N–H and O–H groups in total. The van der Waals surface area contributed by atoms with Crippen molar-refractivity contribution in [3.05, 3.63) is 0 Å². The highest BCUT2D eigenvalue weighted by atomic mass is 16.5. The predicted molar refractivity (Wildman–Crippen MR) is 69.8 cm³/mol. The number of hydrogen-bond acceptors (Lipinski definition) is 3. The molecule has 0 bridgehead atoms. The molecule has 0 aliphatic carbocycles. The van der Waals surface area contributed by atoms with E-state index >= 15 is 0 Å². The van der Waals surface area contributed by atoms with E-state index in [1.807, 2.05) is 0 Å². The number of aliphatic hydroxyl groups is 1. The van der Waals surface area contributed by atoms with Crippen LogP contribution in [0.1, 0.15) is 65.2 Å². The third kappa shape index (κ3) is 11.7. The number of ether oxygens (including phenoxy) is 1. The first-order chi connectivity index (χ1) is 8.20. The van der Waals surface area contributed by atoms with E-state index in [-0.39, 0.29) is 12.6 Å². The molecular formula is C14H28O3. The molecular weight excluding hydrogens is 216 g/mol. The van der Waals surface area contributed by atoms with E-state index in [1.54, 1.807) is 0 Å². The summed E-state index contributed by atoms with van der Waals surface area (Å²) in [4.78, 5) is 11.3. The molecule has 0 radical (unpaired) electrons. The van der Waals surface area contributed by atoms with E-state index in [4.69, 9.17) is 9.84 Å². The van der Waals surface area contributed by atoms with Crippen LogP contribution in [0.2, 0.25) is 0 Å². The molecule has 0 amide bonds. The van der Waals surface area contributed by atoms with Gasteiger partial charge in [-0.3, -0.25) is 4.79 Å². The normalized spacial score (nSPS) is 12.4. The van der Waals surface area contributed by atoms with Crippen LogP contribution in [0.3, 0.4) is 0 Å². The van der Waals surface area contributed by atoms with E-state index < -0.39 is 0 Å². The molecule has 0 rings (SSSR count). The summed E-state index contributed by atoms with van der Waals surface area (Å²) >= 11 is 0. The van der Waals surface area contributed by atoms with Crippen LogP contribution in [0.4, 0.5) is 0 Å². The van der Waals surface area contributed by atoms with Gasteiger partial charge >= 0.3 is 5.97 Å². The van der Waals surface area contributed by atoms with Crippen LogP contribution in [0.15, 0.2) is 0 Å². The molecule has 0 fully saturated rings. The maximum absolute atomic E-state index is 11.3. The van der Waals surface area contributed by atoms with Gasteiger partial charge in [-0.25, -0.2) is 0 Å². The van der Waals surface area contributed by atoms with Gasteiger partial charge in [0.15, 0.2) is 0 Å². The van der Waals surface area contributed by atoms with Crippen molar-refractivity contribution in [2.45, 2.75) is 65.2 Å². The summed E-state index contributed by atoms with van der Waals surface area (Å²) in [6.45, 7) is 4.96. The maximum Gasteiger partial charge on any atom is 0.305 e. The second-order valence-electron chi connectivity index (χ2n) is 4.79. The van der Waals surface area contributed by atoms with Crippen molar-refractivity contribution in [1.82, 2.24) is 0 Å². The Hall–Kier alpha value is -0.570. The molecule has 0 aromatic heterocycles. The highest BCUT2D eigenvalue weighted by molar-refractivity contribution is 5.69.